The molecule has 0 saturated heterocycles. The highest BCUT2D eigenvalue weighted by atomic mass is 16.5. The number of fused-ring (bicyclic) bond motifs is 1. The van der Waals surface area contributed by atoms with E-state index in [2.05, 4.69) is 5.32 Å². The Hall–Kier alpha value is -1.35. The lowest BCUT2D eigenvalue weighted by Crippen LogP contribution is -2.27. The Morgan fingerprint density at radius 1 is 1.43 bits per heavy atom. The lowest BCUT2D eigenvalue weighted by molar-refractivity contribution is -0.125. The third-order valence-electron chi connectivity index (χ3n) is 2.53. The van der Waals surface area contributed by atoms with Crippen LogP contribution in [-0.2, 0) is 16.0 Å². The molecule has 1 aliphatic rings. The SMILES string of the molecule is COC1CCc2ccccc2NC1=O. The Labute approximate surface area is 83.1 Å². The van der Waals surface area contributed by atoms with Crippen LogP contribution in [0.25, 0.3) is 0 Å². The van der Waals surface area contributed by atoms with Crippen LogP contribution in [-0.4, -0.2) is 19.1 Å². The van der Waals surface area contributed by atoms with E-state index in [9.17, 15) is 4.79 Å². The van der Waals surface area contributed by atoms with Crippen LogP contribution in [0.1, 0.15) is 12.0 Å². The summed E-state index contributed by atoms with van der Waals surface area (Å²) in [5, 5.41) is 2.86. The zero-order valence-corrected chi connectivity index (χ0v) is 8.12. The number of carbonyl (C=O) groups excluding carboxylic acids is 1. The number of nitrogens with one attached hydrogen (secondary N) is 1. The first-order chi connectivity index (χ1) is 6.81. The second-order valence-corrected chi connectivity index (χ2v) is 3.41. The summed E-state index contributed by atoms with van der Waals surface area (Å²) in [5.41, 5.74) is 2.09. The number of anilines is 1. The van der Waals surface area contributed by atoms with Crippen LogP contribution in [0.4, 0.5) is 5.69 Å². The maximum Gasteiger partial charge on any atom is 0.253 e. The van der Waals surface area contributed by atoms with Crippen LogP contribution in [0.15, 0.2) is 24.3 Å². The minimum atomic E-state index is -0.317. The normalized spacial score (nSPS) is 20.9. The second kappa shape index (κ2) is 3.80. The number of aryl methyl sites for hydroxylation is 1. The van der Waals surface area contributed by atoms with Crippen molar-refractivity contribution in [1.29, 1.82) is 0 Å². The van der Waals surface area contributed by atoms with E-state index in [0.29, 0.717) is 0 Å². The molecule has 1 atom stereocenters. The molecule has 0 aliphatic carbocycles. The summed E-state index contributed by atoms with van der Waals surface area (Å²) in [7, 11) is 1.57. The van der Waals surface area contributed by atoms with Gasteiger partial charge in [0.25, 0.3) is 5.91 Å². The number of benzene rings is 1. The Morgan fingerprint density at radius 3 is 3.00 bits per heavy atom. The van der Waals surface area contributed by atoms with Crippen LogP contribution < -0.4 is 5.32 Å². The molecule has 3 heteroatoms. The minimum Gasteiger partial charge on any atom is -0.372 e. The summed E-state index contributed by atoms with van der Waals surface area (Å²) < 4.78 is 5.10. The van der Waals surface area contributed by atoms with Crippen molar-refractivity contribution >= 4 is 11.6 Å². The van der Waals surface area contributed by atoms with Crippen molar-refractivity contribution in [2.45, 2.75) is 18.9 Å². The molecule has 14 heavy (non-hydrogen) atoms. The van der Waals surface area contributed by atoms with Crippen molar-refractivity contribution in [3.05, 3.63) is 29.8 Å². The van der Waals surface area contributed by atoms with Crippen LogP contribution in [0.2, 0.25) is 0 Å². The lowest BCUT2D eigenvalue weighted by Gasteiger charge is -2.09. The third-order valence-corrected chi connectivity index (χ3v) is 2.53. The maximum absolute atomic E-state index is 11.6. The fraction of sp³-hybridized carbons (Fsp3) is 0.364. The van der Waals surface area contributed by atoms with Crippen LogP contribution in [0.3, 0.4) is 0 Å². The average Bonchev–Trinajstić information content (AvgIpc) is 2.36. The predicted octanol–water partition coefficient (Wildman–Crippen LogP) is 1.59. The number of rotatable bonds is 1. The molecule has 0 bridgehead atoms. The van der Waals surface area contributed by atoms with Crippen molar-refractivity contribution in [2.75, 3.05) is 12.4 Å². The Kier molecular flexibility index (Phi) is 2.50. The second-order valence-electron chi connectivity index (χ2n) is 3.41. The summed E-state index contributed by atoms with van der Waals surface area (Å²) >= 11 is 0. The molecule has 1 aromatic carbocycles. The molecule has 1 unspecified atom stereocenters. The van der Waals surface area contributed by atoms with Gasteiger partial charge in [-0.05, 0) is 24.5 Å². The number of hydrogen-bond donors (Lipinski definition) is 1. The van der Waals surface area contributed by atoms with E-state index in [1.807, 2.05) is 24.3 Å². The fourth-order valence-electron chi connectivity index (χ4n) is 1.72. The molecule has 1 heterocycles. The van der Waals surface area contributed by atoms with Gasteiger partial charge in [0.05, 0.1) is 0 Å². The molecular formula is C11H13NO2. The first kappa shape index (κ1) is 9.21. The van der Waals surface area contributed by atoms with Gasteiger partial charge in [-0.25, -0.2) is 0 Å². The topological polar surface area (TPSA) is 38.3 Å². The molecule has 0 aromatic heterocycles. The molecule has 0 fully saturated rings. The van der Waals surface area contributed by atoms with Gasteiger partial charge in [-0.1, -0.05) is 18.2 Å². The number of hydrogen-bond acceptors (Lipinski definition) is 2. The number of methoxy groups -OCH3 is 1. The quantitative estimate of drug-likeness (QED) is 0.732. The van der Waals surface area contributed by atoms with Gasteiger partial charge in [0, 0.05) is 12.8 Å². The average molecular weight is 191 g/mol. The monoisotopic (exact) mass is 191 g/mol. The summed E-state index contributed by atoms with van der Waals surface area (Å²) in [5.74, 6) is -0.0440. The van der Waals surface area contributed by atoms with Crippen LogP contribution >= 0.6 is 0 Å². The van der Waals surface area contributed by atoms with E-state index < -0.39 is 0 Å². The van der Waals surface area contributed by atoms with Crippen molar-refractivity contribution in [3.8, 4) is 0 Å². The van der Waals surface area contributed by atoms with Gasteiger partial charge >= 0.3 is 0 Å². The zero-order valence-electron chi connectivity index (χ0n) is 8.12. The first-order valence-corrected chi connectivity index (χ1v) is 4.73. The van der Waals surface area contributed by atoms with Gasteiger partial charge in [0.2, 0.25) is 0 Å². The zero-order chi connectivity index (χ0) is 9.97. The molecule has 1 aliphatic heterocycles. The highest BCUT2D eigenvalue weighted by molar-refractivity contribution is 5.95. The molecule has 2 rings (SSSR count). The minimum absolute atomic E-state index is 0.0440. The van der Waals surface area contributed by atoms with E-state index in [1.54, 1.807) is 7.11 Å². The molecular weight excluding hydrogens is 178 g/mol. The predicted molar refractivity (Wildman–Crippen MR) is 54.2 cm³/mol. The molecule has 1 amide bonds. The van der Waals surface area contributed by atoms with E-state index >= 15 is 0 Å². The van der Waals surface area contributed by atoms with Gasteiger partial charge in [-0.15, -0.1) is 0 Å². The Morgan fingerprint density at radius 2 is 2.21 bits per heavy atom. The van der Waals surface area contributed by atoms with E-state index in [-0.39, 0.29) is 12.0 Å². The van der Waals surface area contributed by atoms with Gasteiger partial charge in [-0.2, -0.15) is 0 Å². The van der Waals surface area contributed by atoms with Gasteiger partial charge in [0.15, 0.2) is 0 Å². The molecule has 0 spiro atoms. The van der Waals surface area contributed by atoms with Crippen molar-refractivity contribution < 1.29 is 9.53 Å². The molecule has 1 aromatic rings. The summed E-state index contributed by atoms with van der Waals surface area (Å²) in [6, 6.07) is 7.86. The highest BCUT2D eigenvalue weighted by Gasteiger charge is 2.22. The van der Waals surface area contributed by atoms with Crippen molar-refractivity contribution in [3.63, 3.8) is 0 Å². The van der Waals surface area contributed by atoms with Crippen molar-refractivity contribution in [1.82, 2.24) is 0 Å². The molecule has 1 N–H and O–H groups in total. The van der Waals surface area contributed by atoms with Crippen LogP contribution in [0, 0.1) is 0 Å². The van der Waals surface area contributed by atoms with Crippen molar-refractivity contribution in [2.24, 2.45) is 0 Å². The summed E-state index contributed by atoms with van der Waals surface area (Å²) in [6.45, 7) is 0. The van der Waals surface area contributed by atoms with Gasteiger partial charge < -0.3 is 10.1 Å². The molecule has 0 radical (unpaired) electrons. The van der Waals surface area contributed by atoms with Gasteiger partial charge in [-0.3, -0.25) is 4.79 Å². The Bertz CT molecular complexity index is 349. The number of amides is 1. The van der Waals surface area contributed by atoms with Gasteiger partial charge in [0.1, 0.15) is 6.10 Å². The maximum atomic E-state index is 11.6. The summed E-state index contributed by atoms with van der Waals surface area (Å²) in [4.78, 5) is 11.6. The number of ether oxygens (including phenoxy) is 1. The van der Waals surface area contributed by atoms with E-state index in [0.717, 1.165) is 18.5 Å². The first-order valence-electron chi connectivity index (χ1n) is 4.73. The molecule has 74 valence electrons. The third kappa shape index (κ3) is 1.63. The largest absolute Gasteiger partial charge is 0.372 e. The smallest absolute Gasteiger partial charge is 0.253 e. The number of para-hydroxylation sites is 1. The standard InChI is InChI=1S/C11H13NO2/c1-14-10-7-6-8-4-2-3-5-9(8)12-11(10)13/h2-5,10H,6-7H2,1H3,(H,12,13). The Balaban J connectivity index is 2.28. The molecule has 3 nitrogen and oxygen atoms in total. The van der Waals surface area contributed by atoms with E-state index in [4.69, 9.17) is 4.74 Å². The highest BCUT2D eigenvalue weighted by Crippen LogP contribution is 2.22. The molecule has 0 saturated carbocycles. The van der Waals surface area contributed by atoms with E-state index in [1.165, 1.54) is 5.56 Å². The lowest BCUT2D eigenvalue weighted by atomic mass is 10.1. The fourth-order valence-corrected chi connectivity index (χ4v) is 1.72. The summed E-state index contributed by atoms with van der Waals surface area (Å²) in [6.07, 6.45) is 1.31. The number of carbonyl (C=O) groups is 1. The van der Waals surface area contributed by atoms with Crippen LogP contribution in [0.5, 0.6) is 0 Å².